The number of ether oxygens (including phenoxy) is 2. The lowest BCUT2D eigenvalue weighted by Crippen LogP contribution is -2.28. The van der Waals surface area contributed by atoms with Crippen molar-refractivity contribution in [3.05, 3.63) is 35.4 Å². The molecule has 0 radical (unpaired) electrons. The summed E-state index contributed by atoms with van der Waals surface area (Å²) in [5.41, 5.74) is 2.43. The summed E-state index contributed by atoms with van der Waals surface area (Å²) in [6.45, 7) is 6.48. The average molecular weight is 388 g/mol. The van der Waals surface area contributed by atoms with E-state index in [2.05, 4.69) is 13.0 Å². The number of nitrogens with zero attached hydrogens (tertiary/aromatic N) is 1. The number of hydrogen-bond donors (Lipinski definition) is 0. The number of benzene rings is 1. The third kappa shape index (κ3) is 5.66. The van der Waals surface area contributed by atoms with Gasteiger partial charge in [0.2, 0.25) is 0 Å². The van der Waals surface area contributed by atoms with Crippen LogP contribution in [0.5, 0.6) is 0 Å². The molecule has 0 aliphatic carbocycles. The van der Waals surface area contributed by atoms with Gasteiger partial charge in [0, 0.05) is 17.7 Å². The summed E-state index contributed by atoms with van der Waals surface area (Å²) < 4.78 is 10.3. The molecule has 1 heterocycles. The number of unbranched alkanes of at least 4 members (excludes halogenated alkanes) is 3. The van der Waals surface area contributed by atoms with Crippen molar-refractivity contribution in [3.63, 3.8) is 0 Å². The van der Waals surface area contributed by atoms with E-state index >= 15 is 0 Å². The van der Waals surface area contributed by atoms with Gasteiger partial charge >= 0.3 is 11.9 Å². The lowest BCUT2D eigenvalue weighted by molar-refractivity contribution is -0.147. The third-order valence-electron chi connectivity index (χ3n) is 5.15. The van der Waals surface area contributed by atoms with E-state index in [9.17, 15) is 9.59 Å². The van der Waals surface area contributed by atoms with E-state index in [1.807, 2.05) is 18.2 Å². The molecule has 0 bridgehead atoms. The van der Waals surface area contributed by atoms with Crippen molar-refractivity contribution in [1.29, 1.82) is 0 Å². The van der Waals surface area contributed by atoms with Crippen LogP contribution in [0.15, 0.2) is 29.3 Å². The van der Waals surface area contributed by atoms with Crippen molar-refractivity contribution in [2.45, 2.75) is 77.7 Å². The van der Waals surface area contributed by atoms with Crippen LogP contribution >= 0.6 is 0 Å². The number of esters is 2. The third-order valence-corrected chi connectivity index (χ3v) is 5.15. The van der Waals surface area contributed by atoms with Crippen molar-refractivity contribution in [2.75, 3.05) is 13.2 Å². The maximum Gasteiger partial charge on any atom is 0.308 e. The summed E-state index contributed by atoms with van der Waals surface area (Å²) in [6.07, 6.45) is 6.37. The van der Waals surface area contributed by atoms with Crippen LogP contribution in [0, 0.1) is 0 Å². The molecule has 2 rings (SSSR count). The van der Waals surface area contributed by atoms with Crippen LogP contribution < -0.4 is 0 Å². The molecule has 5 heteroatoms. The van der Waals surface area contributed by atoms with Gasteiger partial charge in [-0.05, 0) is 38.7 Å². The molecule has 0 saturated heterocycles. The topological polar surface area (TPSA) is 65.0 Å². The van der Waals surface area contributed by atoms with Crippen LogP contribution in [-0.2, 0) is 24.6 Å². The molecule has 0 spiro atoms. The highest BCUT2D eigenvalue weighted by Crippen LogP contribution is 2.43. The second-order valence-corrected chi connectivity index (χ2v) is 7.23. The van der Waals surface area contributed by atoms with Gasteiger partial charge < -0.3 is 9.47 Å². The number of fused-ring (bicyclic) bond motifs is 1. The average Bonchev–Trinajstić information content (AvgIpc) is 2.98. The minimum atomic E-state index is -0.740. The minimum absolute atomic E-state index is 0.149. The molecular formula is C23H33NO4. The highest BCUT2D eigenvalue weighted by atomic mass is 16.5. The van der Waals surface area contributed by atoms with Gasteiger partial charge in [0.05, 0.1) is 25.2 Å². The van der Waals surface area contributed by atoms with E-state index in [4.69, 9.17) is 14.5 Å². The maximum absolute atomic E-state index is 12.4. The normalized spacial score (nSPS) is 17.8. The lowest BCUT2D eigenvalue weighted by Gasteiger charge is -2.26. The second kappa shape index (κ2) is 11.0. The molecule has 1 atom stereocenters. The SMILES string of the molecule is CCCCCCC1=NC(CCC(=O)OCC)(CC(=O)OCC)c2ccccc21. The number of carbonyl (C=O) groups is 2. The van der Waals surface area contributed by atoms with Gasteiger partial charge in [-0.15, -0.1) is 0 Å². The molecule has 5 nitrogen and oxygen atoms in total. The van der Waals surface area contributed by atoms with Crippen LogP contribution in [0.25, 0.3) is 0 Å². The van der Waals surface area contributed by atoms with Crippen LogP contribution in [0.2, 0.25) is 0 Å². The fraction of sp³-hybridized carbons (Fsp3) is 0.609. The molecule has 0 aromatic heterocycles. The number of rotatable bonds is 12. The minimum Gasteiger partial charge on any atom is -0.466 e. The Morgan fingerprint density at radius 1 is 0.964 bits per heavy atom. The van der Waals surface area contributed by atoms with Crippen molar-refractivity contribution < 1.29 is 19.1 Å². The van der Waals surface area contributed by atoms with E-state index in [-0.39, 0.29) is 24.8 Å². The molecule has 28 heavy (non-hydrogen) atoms. The molecule has 1 aromatic rings. The van der Waals surface area contributed by atoms with Crippen molar-refractivity contribution in [2.24, 2.45) is 4.99 Å². The van der Waals surface area contributed by atoms with Gasteiger partial charge in [0.1, 0.15) is 0 Å². The van der Waals surface area contributed by atoms with Crippen LogP contribution in [0.3, 0.4) is 0 Å². The van der Waals surface area contributed by atoms with Gasteiger partial charge in [0.15, 0.2) is 0 Å². The zero-order chi connectivity index (χ0) is 20.4. The molecular weight excluding hydrogens is 354 g/mol. The summed E-state index contributed by atoms with van der Waals surface area (Å²) in [7, 11) is 0. The predicted molar refractivity (Wildman–Crippen MR) is 111 cm³/mol. The fourth-order valence-corrected chi connectivity index (χ4v) is 3.84. The summed E-state index contributed by atoms with van der Waals surface area (Å²) in [5, 5.41) is 0. The zero-order valence-corrected chi connectivity index (χ0v) is 17.5. The molecule has 1 aromatic carbocycles. The Kier molecular flexibility index (Phi) is 8.68. The molecule has 0 N–H and O–H groups in total. The van der Waals surface area contributed by atoms with Gasteiger partial charge in [-0.1, -0.05) is 50.5 Å². The van der Waals surface area contributed by atoms with Gasteiger partial charge in [-0.2, -0.15) is 0 Å². The molecule has 1 unspecified atom stereocenters. The smallest absolute Gasteiger partial charge is 0.308 e. The van der Waals surface area contributed by atoms with Crippen molar-refractivity contribution in [3.8, 4) is 0 Å². The predicted octanol–water partition coefficient (Wildman–Crippen LogP) is 4.95. The van der Waals surface area contributed by atoms with Gasteiger partial charge in [0.25, 0.3) is 0 Å². The van der Waals surface area contributed by atoms with E-state index in [0.29, 0.717) is 19.6 Å². The summed E-state index contributed by atoms with van der Waals surface area (Å²) in [5.74, 6) is -0.535. The molecule has 0 saturated carbocycles. The van der Waals surface area contributed by atoms with E-state index in [1.54, 1.807) is 13.8 Å². The number of hydrogen-bond acceptors (Lipinski definition) is 5. The molecule has 1 aliphatic heterocycles. The lowest BCUT2D eigenvalue weighted by atomic mass is 9.82. The van der Waals surface area contributed by atoms with Crippen molar-refractivity contribution >= 4 is 17.7 Å². The Labute approximate surface area is 168 Å². The number of aliphatic imine (C=N–C) groups is 1. The van der Waals surface area contributed by atoms with Crippen LogP contribution in [0.1, 0.15) is 83.3 Å². The van der Waals surface area contributed by atoms with Gasteiger partial charge in [-0.25, -0.2) is 0 Å². The maximum atomic E-state index is 12.4. The summed E-state index contributed by atoms with van der Waals surface area (Å²) >= 11 is 0. The Balaban J connectivity index is 2.30. The first-order valence-electron chi connectivity index (χ1n) is 10.6. The van der Waals surface area contributed by atoms with E-state index in [0.717, 1.165) is 29.7 Å². The zero-order valence-electron chi connectivity index (χ0n) is 17.5. The Morgan fingerprint density at radius 2 is 1.68 bits per heavy atom. The molecule has 1 aliphatic rings. The highest BCUT2D eigenvalue weighted by Gasteiger charge is 2.42. The first kappa shape index (κ1) is 22.1. The monoisotopic (exact) mass is 387 g/mol. The molecule has 0 fully saturated rings. The van der Waals surface area contributed by atoms with Gasteiger partial charge in [-0.3, -0.25) is 14.6 Å². The molecule has 154 valence electrons. The Hall–Kier alpha value is -2.17. The summed E-state index contributed by atoms with van der Waals surface area (Å²) in [6, 6.07) is 8.08. The fourth-order valence-electron chi connectivity index (χ4n) is 3.84. The first-order chi connectivity index (χ1) is 13.6. The quantitative estimate of drug-likeness (QED) is 0.376. The number of carbonyl (C=O) groups excluding carboxylic acids is 2. The van der Waals surface area contributed by atoms with E-state index in [1.165, 1.54) is 19.3 Å². The first-order valence-corrected chi connectivity index (χ1v) is 10.6. The standard InChI is InChI=1S/C23H33NO4/c1-4-7-8-9-14-20-18-12-10-11-13-19(18)23(24-20,17-22(26)28-6-3)16-15-21(25)27-5-2/h10-13H,4-9,14-17H2,1-3H3. The van der Waals surface area contributed by atoms with Crippen LogP contribution in [-0.4, -0.2) is 30.9 Å². The summed E-state index contributed by atoms with van der Waals surface area (Å²) in [4.78, 5) is 29.4. The van der Waals surface area contributed by atoms with Crippen LogP contribution in [0.4, 0.5) is 0 Å². The van der Waals surface area contributed by atoms with Crippen molar-refractivity contribution in [1.82, 2.24) is 0 Å². The Morgan fingerprint density at radius 3 is 2.39 bits per heavy atom. The van der Waals surface area contributed by atoms with E-state index < -0.39 is 5.54 Å². The highest BCUT2D eigenvalue weighted by molar-refractivity contribution is 6.05. The molecule has 0 amide bonds. The second-order valence-electron chi connectivity index (χ2n) is 7.23. The largest absolute Gasteiger partial charge is 0.466 e. The Bertz CT molecular complexity index is 698.